The van der Waals surface area contributed by atoms with Crippen LogP contribution in [0.15, 0.2) is 36.4 Å². The van der Waals surface area contributed by atoms with Gasteiger partial charge in [0.15, 0.2) is 0 Å². The van der Waals surface area contributed by atoms with Gasteiger partial charge < -0.3 is 15.5 Å². The monoisotopic (exact) mass is 323 g/mol. The molecule has 0 fully saturated rings. The molecule has 5 nitrogen and oxygen atoms in total. The summed E-state index contributed by atoms with van der Waals surface area (Å²) in [5.74, 6) is 0.121. The van der Waals surface area contributed by atoms with Gasteiger partial charge in [0, 0.05) is 30.5 Å². The minimum Gasteiger partial charge on any atom is -0.315 e. The highest BCUT2D eigenvalue weighted by molar-refractivity contribution is 6.01. The molecule has 0 saturated carbocycles. The summed E-state index contributed by atoms with van der Waals surface area (Å²) in [6.07, 6.45) is 1.20. The van der Waals surface area contributed by atoms with Crippen LogP contribution in [0.2, 0.25) is 0 Å². The number of hydrogen-bond donors (Lipinski definition) is 2. The molecular weight excluding hydrogens is 302 g/mol. The quantitative estimate of drug-likeness (QED) is 0.881. The van der Waals surface area contributed by atoms with Crippen molar-refractivity contribution in [2.45, 2.75) is 26.7 Å². The van der Waals surface area contributed by atoms with E-state index in [1.165, 1.54) is 5.56 Å². The Bertz CT molecular complexity index is 814. The van der Waals surface area contributed by atoms with Gasteiger partial charge in [0.2, 0.25) is 5.91 Å². The summed E-state index contributed by atoms with van der Waals surface area (Å²) >= 11 is 0. The molecule has 1 aliphatic heterocycles. The molecule has 0 bridgehead atoms. The molecule has 124 valence electrons. The standard InChI is InChI=1S/C19H21N3O2/c1-12-4-6-15(10-13(12)2)20-19(24)21-16-7-8-17-14(11-16)5-9-18(23)22(17)3/h4,6-8,10-11H,5,9H2,1-3H3,(H2,20,21,24). The third kappa shape index (κ3) is 3.25. The highest BCUT2D eigenvalue weighted by atomic mass is 16.2. The Kier molecular flexibility index (Phi) is 4.25. The van der Waals surface area contributed by atoms with Crippen molar-refractivity contribution < 1.29 is 9.59 Å². The Morgan fingerprint density at radius 2 is 1.62 bits per heavy atom. The van der Waals surface area contributed by atoms with E-state index in [0.717, 1.165) is 28.2 Å². The van der Waals surface area contributed by atoms with Gasteiger partial charge in [0.25, 0.3) is 0 Å². The van der Waals surface area contributed by atoms with Crippen LogP contribution in [0, 0.1) is 13.8 Å². The van der Waals surface area contributed by atoms with Gasteiger partial charge in [-0.1, -0.05) is 6.07 Å². The number of rotatable bonds is 2. The molecular formula is C19H21N3O2. The van der Waals surface area contributed by atoms with Gasteiger partial charge in [-0.25, -0.2) is 4.79 Å². The van der Waals surface area contributed by atoms with E-state index in [9.17, 15) is 9.59 Å². The lowest BCUT2D eigenvalue weighted by molar-refractivity contribution is -0.118. The third-order valence-corrected chi connectivity index (χ3v) is 4.45. The average Bonchev–Trinajstić information content (AvgIpc) is 2.54. The van der Waals surface area contributed by atoms with Crippen molar-refractivity contribution >= 4 is 29.0 Å². The number of carbonyl (C=O) groups excluding carboxylic acids is 2. The average molecular weight is 323 g/mol. The summed E-state index contributed by atoms with van der Waals surface area (Å²) in [4.78, 5) is 25.6. The third-order valence-electron chi connectivity index (χ3n) is 4.45. The van der Waals surface area contributed by atoms with Crippen LogP contribution in [0.25, 0.3) is 0 Å². The Labute approximate surface area is 141 Å². The van der Waals surface area contributed by atoms with Crippen molar-refractivity contribution in [3.8, 4) is 0 Å². The molecule has 24 heavy (non-hydrogen) atoms. The predicted molar refractivity (Wildman–Crippen MR) is 96.7 cm³/mol. The van der Waals surface area contributed by atoms with E-state index in [1.807, 2.05) is 50.2 Å². The van der Waals surface area contributed by atoms with Crippen LogP contribution in [0.4, 0.5) is 21.9 Å². The van der Waals surface area contributed by atoms with Crippen LogP contribution in [0.3, 0.4) is 0 Å². The fourth-order valence-electron chi connectivity index (χ4n) is 2.85. The van der Waals surface area contributed by atoms with Gasteiger partial charge in [0.1, 0.15) is 0 Å². The summed E-state index contributed by atoms with van der Waals surface area (Å²) in [6.45, 7) is 4.05. The molecule has 0 spiro atoms. The van der Waals surface area contributed by atoms with E-state index in [1.54, 1.807) is 11.9 Å². The van der Waals surface area contributed by atoms with E-state index in [-0.39, 0.29) is 11.9 Å². The summed E-state index contributed by atoms with van der Waals surface area (Å²) in [6, 6.07) is 11.1. The Hall–Kier alpha value is -2.82. The molecule has 2 aromatic carbocycles. The van der Waals surface area contributed by atoms with Gasteiger partial charge >= 0.3 is 6.03 Å². The van der Waals surface area contributed by atoms with Crippen molar-refractivity contribution in [1.29, 1.82) is 0 Å². The summed E-state index contributed by atoms with van der Waals surface area (Å²) in [5, 5.41) is 5.69. The first-order chi connectivity index (χ1) is 11.4. The van der Waals surface area contributed by atoms with Crippen molar-refractivity contribution in [3.05, 3.63) is 53.1 Å². The van der Waals surface area contributed by atoms with E-state index in [0.29, 0.717) is 12.8 Å². The normalized spacial score (nSPS) is 13.5. The summed E-state index contributed by atoms with van der Waals surface area (Å²) in [7, 11) is 1.78. The van der Waals surface area contributed by atoms with E-state index < -0.39 is 0 Å². The lowest BCUT2D eigenvalue weighted by Crippen LogP contribution is -2.31. The molecule has 0 aromatic heterocycles. The maximum Gasteiger partial charge on any atom is 0.323 e. The molecule has 3 amide bonds. The molecule has 0 saturated heterocycles. The lowest BCUT2D eigenvalue weighted by Gasteiger charge is -2.26. The second kappa shape index (κ2) is 6.35. The number of nitrogens with one attached hydrogen (secondary N) is 2. The van der Waals surface area contributed by atoms with Crippen molar-refractivity contribution in [2.75, 3.05) is 22.6 Å². The first kappa shape index (κ1) is 16.1. The van der Waals surface area contributed by atoms with Crippen LogP contribution in [0.5, 0.6) is 0 Å². The van der Waals surface area contributed by atoms with Gasteiger partial charge in [0.05, 0.1) is 0 Å². The summed E-state index contributed by atoms with van der Waals surface area (Å²) < 4.78 is 0. The van der Waals surface area contributed by atoms with Gasteiger partial charge in [-0.05, 0) is 67.3 Å². The number of anilines is 3. The molecule has 1 heterocycles. The van der Waals surface area contributed by atoms with Crippen molar-refractivity contribution in [3.63, 3.8) is 0 Å². The zero-order valence-corrected chi connectivity index (χ0v) is 14.1. The van der Waals surface area contributed by atoms with E-state index in [4.69, 9.17) is 0 Å². The lowest BCUT2D eigenvalue weighted by atomic mass is 10.0. The Morgan fingerprint density at radius 3 is 2.33 bits per heavy atom. The number of carbonyl (C=O) groups is 2. The number of benzene rings is 2. The SMILES string of the molecule is Cc1ccc(NC(=O)Nc2ccc3c(c2)CCC(=O)N3C)cc1C. The largest absolute Gasteiger partial charge is 0.323 e. The zero-order chi connectivity index (χ0) is 17.3. The van der Waals surface area contributed by atoms with E-state index in [2.05, 4.69) is 10.6 Å². The molecule has 2 N–H and O–H groups in total. The molecule has 0 atom stereocenters. The van der Waals surface area contributed by atoms with Crippen LogP contribution in [-0.4, -0.2) is 19.0 Å². The van der Waals surface area contributed by atoms with Gasteiger partial charge in [-0.2, -0.15) is 0 Å². The van der Waals surface area contributed by atoms with Crippen LogP contribution < -0.4 is 15.5 Å². The first-order valence-corrected chi connectivity index (χ1v) is 7.99. The van der Waals surface area contributed by atoms with Gasteiger partial charge in [-0.15, -0.1) is 0 Å². The maximum atomic E-state index is 12.2. The smallest absolute Gasteiger partial charge is 0.315 e. The van der Waals surface area contributed by atoms with E-state index >= 15 is 0 Å². The molecule has 0 radical (unpaired) electrons. The summed E-state index contributed by atoms with van der Waals surface area (Å²) in [5.41, 5.74) is 5.78. The van der Waals surface area contributed by atoms with Crippen molar-refractivity contribution in [1.82, 2.24) is 0 Å². The number of urea groups is 1. The molecule has 3 rings (SSSR count). The minimum atomic E-state index is -0.279. The van der Waals surface area contributed by atoms with Gasteiger partial charge in [-0.3, -0.25) is 4.79 Å². The zero-order valence-electron chi connectivity index (χ0n) is 14.1. The Balaban J connectivity index is 1.71. The highest BCUT2D eigenvalue weighted by Crippen LogP contribution is 2.29. The molecule has 1 aliphatic rings. The predicted octanol–water partition coefficient (Wildman–Crippen LogP) is 3.86. The molecule has 2 aromatic rings. The number of amides is 3. The topological polar surface area (TPSA) is 61.4 Å². The number of hydrogen-bond acceptors (Lipinski definition) is 2. The second-order valence-electron chi connectivity index (χ2n) is 6.17. The fraction of sp³-hybridized carbons (Fsp3) is 0.263. The molecule has 0 unspecified atom stereocenters. The van der Waals surface area contributed by atoms with Crippen LogP contribution in [0.1, 0.15) is 23.1 Å². The second-order valence-corrected chi connectivity index (χ2v) is 6.17. The molecule has 0 aliphatic carbocycles. The Morgan fingerprint density at radius 1 is 0.958 bits per heavy atom. The number of fused-ring (bicyclic) bond motifs is 1. The van der Waals surface area contributed by atoms with Crippen molar-refractivity contribution in [2.24, 2.45) is 0 Å². The minimum absolute atomic E-state index is 0.121. The van der Waals surface area contributed by atoms with Crippen LogP contribution >= 0.6 is 0 Å². The van der Waals surface area contributed by atoms with Crippen LogP contribution in [-0.2, 0) is 11.2 Å². The fourth-order valence-corrected chi connectivity index (χ4v) is 2.85. The molecule has 5 heteroatoms. The number of nitrogens with zero attached hydrogens (tertiary/aromatic N) is 1. The first-order valence-electron chi connectivity index (χ1n) is 7.99. The highest BCUT2D eigenvalue weighted by Gasteiger charge is 2.20. The number of aryl methyl sites for hydroxylation is 3. The maximum absolute atomic E-state index is 12.2.